The lowest BCUT2D eigenvalue weighted by atomic mass is 9.47. The number of ether oxygens (including phenoxy) is 1. The largest absolute Gasteiger partial charge is 0.446 e. The molecule has 224 valence electrons. The van der Waals surface area contributed by atoms with E-state index in [2.05, 4.69) is 39.1 Å². The Kier molecular flexibility index (Phi) is 11.3. The summed E-state index contributed by atoms with van der Waals surface area (Å²) in [6.45, 7) is 11.5. The van der Waals surface area contributed by atoms with Crippen molar-refractivity contribution in [3.05, 3.63) is 11.6 Å². The maximum absolute atomic E-state index is 12.5. The minimum atomic E-state index is -0.208. The molecule has 4 aliphatic carbocycles. The Balaban J connectivity index is 1.24. The van der Waals surface area contributed by atoms with Crippen LogP contribution in [-0.4, -0.2) is 25.3 Å². The molecule has 7 unspecified atom stereocenters. The Morgan fingerprint density at radius 3 is 2.51 bits per heavy atom. The van der Waals surface area contributed by atoms with E-state index in [1.807, 2.05) is 0 Å². The van der Waals surface area contributed by atoms with Gasteiger partial charge in [-0.25, -0.2) is 4.79 Å². The van der Waals surface area contributed by atoms with Crippen molar-refractivity contribution in [3.8, 4) is 0 Å². The molecule has 1 amide bonds. The second-order valence-electron chi connectivity index (χ2n) is 14.9. The second kappa shape index (κ2) is 14.2. The molecule has 0 aromatic carbocycles. The fraction of sp³-hybridized carbons (Fsp3) is 0.914. The van der Waals surface area contributed by atoms with Gasteiger partial charge < -0.3 is 15.8 Å². The fourth-order valence-corrected chi connectivity index (χ4v) is 9.61. The first kappa shape index (κ1) is 30.9. The molecule has 4 aliphatic rings. The van der Waals surface area contributed by atoms with Gasteiger partial charge in [-0.2, -0.15) is 0 Å². The van der Waals surface area contributed by atoms with E-state index in [1.54, 1.807) is 5.57 Å². The van der Waals surface area contributed by atoms with E-state index < -0.39 is 0 Å². The van der Waals surface area contributed by atoms with Crippen LogP contribution >= 0.6 is 0 Å². The Morgan fingerprint density at radius 2 is 1.74 bits per heavy atom. The molecule has 0 aromatic heterocycles. The first-order valence-electron chi connectivity index (χ1n) is 17.1. The SMILES string of the molecule is CC(C)CCCCC1CCC2C3CC=C4CC(OC(=O)NCCCCCCCCN)CCC4(C)C3CCC12C. The molecule has 0 spiro atoms. The summed E-state index contributed by atoms with van der Waals surface area (Å²) in [5.41, 5.74) is 8.06. The lowest BCUT2D eigenvalue weighted by Crippen LogP contribution is -2.50. The molecule has 39 heavy (non-hydrogen) atoms. The first-order chi connectivity index (χ1) is 18.8. The third kappa shape index (κ3) is 7.44. The van der Waals surface area contributed by atoms with Gasteiger partial charge in [0.15, 0.2) is 0 Å². The van der Waals surface area contributed by atoms with Crippen LogP contribution in [0.1, 0.15) is 143 Å². The zero-order chi connectivity index (χ0) is 27.9. The van der Waals surface area contributed by atoms with Crippen LogP contribution in [0.15, 0.2) is 11.6 Å². The van der Waals surface area contributed by atoms with E-state index >= 15 is 0 Å². The third-order valence-electron chi connectivity index (χ3n) is 12.0. The normalized spacial score (nSPS) is 35.6. The van der Waals surface area contributed by atoms with Crippen molar-refractivity contribution in [2.45, 2.75) is 149 Å². The zero-order valence-electron chi connectivity index (χ0n) is 26.1. The Morgan fingerprint density at radius 1 is 0.974 bits per heavy atom. The van der Waals surface area contributed by atoms with Crippen LogP contribution in [-0.2, 0) is 4.74 Å². The number of rotatable bonds is 14. The van der Waals surface area contributed by atoms with Gasteiger partial charge in [0.25, 0.3) is 0 Å². The highest BCUT2D eigenvalue weighted by Crippen LogP contribution is 2.66. The molecule has 7 atom stereocenters. The van der Waals surface area contributed by atoms with Gasteiger partial charge in [0.1, 0.15) is 6.10 Å². The number of hydrogen-bond donors (Lipinski definition) is 2. The monoisotopic (exact) mass is 542 g/mol. The van der Waals surface area contributed by atoms with Crippen LogP contribution in [0.5, 0.6) is 0 Å². The standard InChI is InChI=1S/C35H62N2O2/c1-26(2)13-9-10-14-27-16-18-31-30-17-15-28-25-29(19-21-35(28,4)32(30)20-22-34(27,31)3)39-33(38)37-24-12-8-6-5-7-11-23-36/h15,26-27,29-32H,5-14,16-25,36H2,1-4H3,(H,37,38). The van der Waals surface area contributed by atoms with E-state index in [1.165, 1.54) is 89.9 Å². The molecule has 3 N–H and O–H groups in total. The minimum absolute atomic E-state index is 0.0488. The summed E-state index contributed by atoms with van der Waals surface area (Å²) in [5, 5.41) is 3.02. The number of alkyl carbamates (subject to hydrolysis) is 1. The van der Waals surface area contributed by atoms with Crippen LogP contribution in [0.3, 0.4) is 0 Å². The number of amides is 1. The lowest BCUT2D eigenvalue weighted by molar-refractivity contribution is -0.0519. The molecule has 4 heteroatoms. The van der Waals surface area contributed by atoms with Crippen molar-refractivity contribution in [1.29, 1.82) is 0 Å². The van der Waals surface area contributed by atoms with Gasteiger partial charge >= 0.3 is 6.09 Å². The van der Waals surface area contributed by atoms with Crippen LogP contribution in [0.2, 0.25) is 0 Å². The number of carbonyl (C=O) groups excluding carboxylic acids is 1. The quantitative estimate of drug-likeness (QED) is 0.170. The van der Waals surface area contributed by atoms with Crippen LogP contribution < -0.4 is 11.1 Å². The van der Waals surface area contributed by atoms with Crippen molar-refractivity contribution in [2.75, 3.05) is 13.1 Å². The molecule has 0 saturated heterocycles. The van der Waals surface area contributed by atoms with E-state index in [4.69, 9.17) is 10.5 Å². The predicted molar refractivity (Wildman–Crippen MR) is 164 cm³/mol. The Hall–Kier alpha value is -1.03. The number of allylic oxidation sites excluding steroid dienone is 1. The van der Waals surface area contributed by atoms with E-state index in [-0.39, 0.29) is 12.2 Å². The predicted octanol–water partition coefficient (Wildman–Crippen LogP) is 9.18. The molecule has 3 fully saturated rings. The maximum Gasteiger partial charge on any atom is 0.407 e. The van der Waals surface area contributed by atoms with Gasteiger partial charge in [0, 0.05) is 13.0 Å². The molecule has 0 heterocycles. The molecule has 0 radical (unpaired) electrons. The average Bonchev–Trinajstić information content (AvgIpc) is 3.24. The van der Waals surface area contributed by atoms with Crippen molar-refractivity contribution >= 4 is 6.09 Å². The smallest absolute Gasteiger partial charge is 0.407 e. The number of nitrogens with one attached hydrogen (secondary N) is 1. The molecule has 0 bridgehead atoms. The summed E-state index contributed by atoms with van der Waals surface area (Å²) in [4.78, 5) is 12.5. The van der Waals surface area contributed by atoms with Gasteiger partial charge in [-0.1, -0.05) is 84.3 Å². The van der Waals surface area contributed by atoms with Gasteiger partial charge in [-0.05, 0) is 111 Å². The summed E-state index contributed by atoms with van der Waals surface area (Å²) in [6, 6.07) is 0. The summed E-state index contributed by atoms with van der Waals surface area (Å²) >= 11 is 0. The first-order valence-corrected chi connectivity index (χ1v) is 17.1. The van der Waals surface area contributed by atoms with E-state index in [0.29, 0.717) is 10.8 Å². The van der Waals surface area contributed by atoms with Gasteiger partial charge in [-0.15, -0.1) is 0 Å². The number of nitrogens with two attached hydrogens (primary N) is 1. The summed E-state index contributed by atoms with van der Waals surface area (Å²) < 4.78 is 5.94. The van der Waals surface area contributed by atoms with Crippen molar-refractivity contribution in [2.24, 2.45) is 46.2 Å². The molecule has 3 saturated carbocycles. The molecule has 0 aliphatic heterocycles. The van der Waals surface area contributed by atoms with Crippen molar-refractivity contribution in [3.63, 3.8) is 0 Å². The molecular formula is C35H62N2O2. The Labute approximate surface area is 241 Å². The van der Waals surface area contributed by atoms with Crippen LogP contribution in [0.25, 0.3) is 0 Å². The molecule has 4 rings (SSSR count). The van der Waals surface area contributed by atoms with Crippen molar-refractivity contribution in [1.82, 2.24) is 5.32 Å². The number of hydrogen-bond acceptors (Lipinski definition) is 3. The number of unbranched alkanes of at least 4 members (excludes halogenated alkanes) is 6. The highest BCUT2D eigenvalue weighted by Gasteiger charge is 2.58. The van der Waals surface area contributed by atoms with E-state index in [0.717, 1.165) is 68.4 Å². The third-order valence-corrected chi connectivity index (χ3v) is 12.0. The summed E-state index contributed by atoms with van der Waals surface area (Å²) in [7, 11) is 0. The lowest BCUT2D eigenvalue weighted by Gasteiger charge is -2.58. The minimum Gasteiger partial charge on any atom is -0.446 e. The fourth-order valence-electron chi connectivity index (χ4n) is 9.61. The summed E-state index contributed by atoms with van der Waals surface area (Å²) in [6.07, 6.45) is 25.4. The van der Waals surface area contributed by atoms with Crippen LogP contribution in [0, 0.1) is 40.4 Å². The molecular weight excluding hydrogens is 480 g/mol. The Bertz CT molecular complexity index is 808. The highest BCUT2D eigenvalue weighted by molar-refractivity contribution is 5.67. The topological polar surface area (TPSA) is 64.3 Å². The van der Waals surface area contributed by atoms with Gasteiger partial charge in [0.2, 0.25) is 0 Å². The molecule has 0 aromatic rings. The van der Waals surface area contributed by atoms with Gasteiger partial charge in [-0.3, -0.25) is 0 Å². The average molecular weight is 543 g/mol. The number of carbonyl (C=O) groups is 1. The van der Waals surface area contributed by atoms with Crippen LogP contribution in [0.4, 0.5) is 4.79 Å². The molecule has 4 nitrogen and oxygen atoms in total. The maximum atomic E-state index is 12.5. The highest BCUT2D eigenvalue weighted by atomic mass is 16.6. The van der Waals surface area contributed by atoms with E-state index in [9.17, 15) is 4.79 Å². The second-order valence-corrected chi connectivity index (χ2v) is 14.9. The number of fused-ring (bicyclic) bond motifs is 5. The van der Waals surface area contributed by atoms with Gasteiger partial charge in [0.05, 0.1) is 0 Å². The summed E-state index contributed by atoms with van der Waals surface area (Å²) in [5.74, 6) is 4.41. The zero-order valence-corrected chi connectivity index (χ0v) is 26.1. The van der Waals surface area contributed by atoms with Crippen molar-refractivity contribution < 1.29 is 9.53 Å².